The highest BCUT2D eigenvalue weighted by Crippen LogP contribution is 2.42. The summed E-state index contributed by atoms with van der Waals surface area (Å²) in [5.74, 6) is 0.882. The molecule has 0 spiro atoms. The molecule has 0 saturated heterocycles. The number of aromatic nitrogens is 1. The van der Waals surface area contributed by atoms with Crippen molar-refractivity contribution >= 4 is 41.5 Å². The van der Waals surface area contributed by atoms with Gasteiger partial charge in [0, 0.05) is 19.3 Å². The average molecular weight is 437 g/mol. The van der Waals surface area contributed by atoms with E-state index in [9.17, 15) is 0 Å². The lowest BCUT2D eigenvalue weighted by molar-refractivity contribution is 0.131. The number of pyridine rings is 1. The maximum Gasteiger partial charge on any atom is 0.191 e. The van der Waals surface area contributed by atoms with Crippen LogP contribution in [0, 0.1) is 5.41 Å². The van der Waals surface area contributed by atoms with Crippen molar-refractivity contribution in [3.63, 3.8) is 0 Å². The zero-order chi connectivity index (χ0) is 15.1. The van der Waals surface area contributed by atoms with E-state index in [0.29, 0.717) is 17.1 Å². The molecule has 1 aromatic heterocycles. The Hall–Kier alpha value is -0.560. The Morgan fingerprint density at radius 2 is 2.09 bits per heavy atom. The third kappa shape index (κ3) is 5.57. The van der Waals surface area contributed by atoms with Crippen LogP contribution in [0.3, 0.4) is 0 Å². The molecule has 1 aliphatic carbocycles. The first-order valence-corrected chi connectivity index (χ1v) is 8.18. The van der Waals surface area contributed by atoms with E-state index in [1.165, 1.54) is 25.7 Å². The number of halogens is 2. The van der Waals surface area contributed by atoms with E-state index >= 15 is 0 Å². The zero-order valence-electron chi connectivity index (χ0n) is 13.4. The summed E-state index contributed by atoms with van der Waals surface area (Å²) in [6.45, 7) is 6.85. The van der Waals surface area contributed by atoms with Crippen LogP contribution in [0.25, 0.3) is 0 Å². The Labute approximate surface area is 155 Å². The molecule has 6 heteroatoms. The summed E-state index contributed by atoms with van der Waals surface area (Å²) >= 11 is 5.79. The average Bonchev–Trinajstić information content (AvgIpc) is 2.45. The molecule has 0 aromatic carbocycles. The second kappa shape index (κ2) is 9.55. The molecule has 1 aliphatic rings. The van der Waals surface area contributed by atoms with Crippen LogP contribution in [0.15, 0.2) is 23.3 Å². The van der Waals surface area contributed by atoms with E-state index < -0.39 is 0 Å². The Morgan fingerprint density at radius 3 is 2.59 bits per heavy atom. The molecule has 4 nitrogen and oxygen atoms in total. The highest BCUT2D eigenvalue weighted by Gasteiger charge is 2.34. The first-order valence-electron chi connectivity index (χ1n) is 7.80. The molecule has 1 aromatic rings. The molecular formula is C16H26ClIN4. The predicted octanol–water partition coefficient (Wildman–Crippen LogP) is 3.99. The summed E-state index contributed by atoms with van der Waals surface area (Å²) in [7, 11) is 0. The Balaban J connectivity index is 0.00000242. The second-order valence-electron chi connectivity index (χ2n) is 5.74. The lowest BCUT2D eigenvalue weighted by Crippen LogP contribution is -2.46. The minimum Gasteiger partial charge on any atom is -0.357 e. The molecule has 0 bridgehead atoms. The minimum atomic E-state index is 0. The van der Waals surface area contributed by atoms with Crippen LogP contribution in [0.1, 0.15) is 45.1 Å². The van der Waals surface area contributed by atoms with E-state index in [1.807, 2.05) is 6.07 Å². The van der Waals surface area contributed by atoms with Gasteiger partial charge in [0.15, 0.2) is 5.96 Å². The van der Waals surface area contributed by atoms with Crippen LogP contribution in [-0.4, -0.2) is 24.0 Å². The molecule has 1 fully saturated rings. The number of guanidine groups is 1. The highest BCUT2D eigenvalue weighted by molar-refractivity contribution is 14.0. The van der Waals surface area contributed by atoms with Gasteiger partial charge >= 0.3 is 0 Å². The van der Waals surface area contributed by atoms with Crippen molar-refractivity contribution in [2.75, 3.05) is 13.1 Å². The SMILES string of the molecule is CCNC(=NCc1ccc(Cl)nc1)NCC1(CC)CCC1.I. The van der Waals surface area contributed by atoms with Crippen LogP contribution < -0.4 is 10.6 Å². The third-order valence-corrected chi connectivity index (χ3v) is 4.57. The van der Waals surface area contributed by atoms with Gasteiger partial charge in [-0.3, -0.25) is 0 Å². The quantitative estimate of drug-likeness (QED) is 0.307. The molecule has 1 heterocycles. The van der Waals surface area contributed by atoms with Gasteiger partial charge < -0.3 is 10.6 Å². The molecule has 0 atom stereocenters. The summed E-state index contributed by atoms with van der Waals surface area (Å²) < 4.78 is 0. The van der Waals surface area contributed by atoms with Crippen molar-refractivity contribution in [1.29, 1.82) is 0 Å². The van der Waals surface area contributed by atoms with Crippen molar-refractivity contribution in [3.8, 4) is 0 Å². The van der Waals surface area contributed by atoms with Crippen LogP contribution in [0.5, 0.6) is 0 Å². The number of nitrogens with zero attached hydrogens (tertiary/aromatic N) is 2. The maximum absolute atomic E-state index is 5.79. The molecule has 22 heavy (non-hydrogen) atoms. The van der Waals surface area contributed by atoms with Gasteiger partial charge in [0.25, 0.3) is 0 Å². The predicted molar refractivity (Wildman–Crippen MR) is 104 cm³/mol. The summed E-state index contributed by atoms with van der Waals surface area (Å²) in [5.41, 5.74) is 1.54. The van der Waals surface area contributed by atoms with Crippen molar-refractivity contribution in [2.45, 2.75) is 46.1 Å². The summed E-state index contributed by atoms with van der Waals surface area (Å²) in [5, 5.41) is 7.31. The van der Waals surface area contributed by atoms with Gasteiger partial charge in [-0.25, -0.2) is 9.98 Å². The van der Waals surface area contributed by atoms with Crippen LogP contribution in [0.2, 0.25) is 5.15 Å². The van der Waals surface area contributed by atoms with Crippen LogP contribution in [-0.2, 0) is 6.54 Å². The maximum atomic E-state index is 5.79. The first kappa shape index (κ1) is 19.5. The number of hydrogen-bond donors (Lipinski definition) is 2. The van der Waals surface area contributed by atoms with Crippen LogP contribution >= 0.6 is 35.6 Å². The number of aliphatic imine (C=N–C) groups is 1. The standard InChI is InChI=1S/C16H25ClN4.HI/c1-3-16(8-5-9-16)12-21-15(18-4-2)20-11-13-6-7-14(17)19-10-13;/h6-7,10H,3-5,8-9,11-12H2,1-2H3,(H2,18,20,21);1H. The second-order valence-corrected chi connectivity index (χ2v) is 6.13. The normalized spacial score (nSPS) is 16.4. The van der Waals surface area contributed by atoms with E-state index in [0.717, 1.165) is 24.6 Å². The molecule has 0 radical (unpaired) electrons. The van der Waals surface area contributed by atoms with E-state index in [1.54, 1.807) is 12.3 Å². The third-order valence-electron chi connectivity index (χ3n) is 4.35. The first-order chi connectivity index (χ1) is 10.2. The van der Waals surface area contributed by atoms with E-state index in [2.05, 4.69) is 34.5 Å². The number of rotatable bonds is 6. The summed E-state index contributed by atoms with van der Waals surface area (Å²) in [6.07, 6.45) is 7.03. The molecular weight excluding hydrogens is 411 g/mol. The largest absolute Gasteiger partial charge is 0.357 e. The fourth-order valence-corrected chi connectivity index (χ4v) is 2.73. The monoisotopic (exact) mass is 436 g/mol. The number of nitrogens with one attached hydrogen (secondary N) is 2. The van der Waals surface area contributed by atoms with Gasteiger partial charge in [0.05, 0.1) is 6.54 Å². The van der Waals surface area contributed by atoms with Crippen molar-refractivity contribution in [2.24, 2.45) is 10.4 Å². The van der Waals surface area contributed by atoms with Gasteiger partial charge in [0.1, 0.15) is 5.15 Å². The van der Waals surface area contributed by atoms with Gasteiger partial charge in [-0.15, -0.1) is 24.0 Å². The Kier molecular flexibility index (Phi) is 8.46. The van der Waals surface area contributed by atoms with Crippen molar-refractivity contribution in [1.82, 2.24) is 15.6 Å². The van der Waals surface area contributed by atoms with Gasteiger partial charge in [-0.1, -0.05) is 31.0 Å². The van der Waals surface area contributed by atoms with Gasteiger partial charge in [-0.05, 0) is 43.2 Å². The molecule has 2 N–H and O–H groups in total. The highest BCUT2D eigenvalue weighted by atomic mass is 127. The van der Waals surface area contributed by atoms with Crippen LogP contribution in [0.4, 0.5) is 0 Å². The topological polar surface area (TPSA) is 49.3 Å². The molecule has 2 rings (SSSR count). The lowest BCUT2D eigenvalue weighted by Gasteiger charge is -2.41. The lowest BCUT2D eigenvalue weighted by atomic mass is 9.67. The molecule has 0 unspecified atom stereocenters. The Bertz CT molecular complexity index is 466. The van der Waals surface area contributed by atoms with Gasteiger partial charge in [0.2, 0.25) is 0 Å². The van der Waals surface area contributed by atoms with Gasteiger partial charge in [-0.2, -0.15) is 0 Å². The number of hydrogen-bond acceptors (Lipinski definition) is 2. The fraction of sp³-hybridized carbons (Fsp3) is 0.625. The zero-order valence-corrected chi connectivity index (χ0v) is 16.4. The Morgan fingerprint density at radius 1 is 1.32 bits per heavy atom. The van der Waals surface area contributed by atoms with E-state index in [4.69, 9.17) is 11.6 Å². The summed E-state index contributed by atoms with van der Waals surface area (Å²) in [4.78, 5) is 8.70. The fourth-order valence-electron chi connectivity index (χ4n) is 2.62. The summed E-state index contributed by atoms with van der Waals surface area (Å²) in [6, 6.07) is 3.76. The van der Waals surface area contributed by atoms with Crippen molar-refractivity contribution < 1.29 is 0 Å². The minimum absolute atomic E-state index is 0. The van der Waals surface area contributed by atoms with E-state index in [-0.39, 0.29) is 24.0 Å². The molecule has 0 amide bonds. The molecule has 0 aliphatic heterocycles. The smallest absolute Gasteiger partial charge is 0.191 e. The molecule has 124 valence electrons. The molecule has 1 saturated carbocycles. The van der Waals surface area contributed by atoms with Crippen molar-refractivity contribution in [3.05, 3.63) is 29.0 Å².